The molecule has 1 aliphatic rings. The highest BCUT2D eigenvalue weighted by molar-refractivity contribution is 7.22. The third-order valence-corrected chi connectivity index (χ3v) is 5.63. The Bertz CT molecular complexity index is 1070. The maximum absolute atomic E-state index is 12.6. The summed E-state index contributed by atoms with van der Waals surface area (Å²) in [6.45, 7) is 2.61. The molecule has 31 heavy (non-hydrogen) atoms. The fraction of sp³-hybridized carbons (Fsp3) is 0.389. The van der Waals surface area contributed by atoms with Crippen molar-refractivity contribution in [2.45, 2.75) is 12.7 Å². The van der Waals surface area contributed by atoms with E-state index in [9.17, 15) is 18.0 Å². The summed E-state index contributed by atoms with van der Waals surface area (Å²) in [5, 5.41) is 3.17. The number of ether oxygens (including phenoxy) is 1. The van der Waals surface area contributed by atoms with Crippen LogP contribution in [-0.4, -0.2) is 69.1 Å². The van der Waals surface area contributed by atoms with Crippen molar-refractivity contribution in [1.82, 2.24) is 29.7 Å². The zero-order valence-electron chi connectivity index (χ0n) is 16.4. The molecule has 2 amide bonds. The lowest BCUT2D eigenvalue weighted by molar-refractivity contribution is -0.141. The molecular formula is C18H18F3N7O2S. The standard InChI is InChI=1S/C18H18F3N7O2S/c1-30-14-13-15(24-10-23-14)31-16(25-13)26-17(29)28-6-4-27(5-7-28)9-11-2-3-12(22-8-11)18(19,20)21/h2-3,8,10H,4-7,9H2,1H3,(H,25,26,29). The van der Waals surface area contributed by atoms with E-state index in [0.717, 1.165) is 6.07 Å². The van der Waals surface area contributed by atoms with Crippen molar-refractivity contribution in [3.8, 4) is 5.88 Å². The second-order valence-corrected chi connectivity index (χ2v) is 7.78. The molecule has 1 N–H and O–H groups in total. The molecular weight excluding hydrogens is 435 g/mol. The highest BCUT2D eigenvalue weighted by Gasteiger charge is 2.32. The number of carbonyl (C=O) groups excluding carboxylic acids is 1. The average Bonchev–Trinajstić information content (AvgIpc) is 3.16. The summed E-state index contributed by atoms with van der Waals surface area (Å²) in [7, 11) is 1.49. The van der Waals surface area contributed by atoms with Crippen LogP contribution in [0.2, 0.25) is 0 Å². The van der Waals surface area contributed by atoms with E-state index >= 15 is 0 Å². The minimum Gasteiger partial charge on any atom is -0.479 e. The van der Waals surface area contributed by atoms with Crippen LogP contribution in [-0.2, 0) is 12.7 Å². The summed E-state index contributed by atoms with van der Waals surface area (Å²) in [6.07, 6.45) is -1.83. The third kappa shape index (κ3) is 4.82. The molecule has 3 aromatic rings. The second kappa shape index (κ2) is 8.59. The normalized spacial score (nSPS) is 15.3. The van der Waals surface area contributed by atoms with Crippen LogP contribution in [0, 0.1) is 0 Å². The highest BCUT2D eigenvalue weighted by Crippen LogP contribution is 2.29. The number of rotatable bonds is 4. The number of carbonyl (C=O) groups is 1. The van der Waals surface area contributed by atoms with Gasteiger partial charge in [-0.2, -0.15) is 18.2 Å². The molecule has 1 fully saturated rings. The third-order valence-electron chi connectivity index (χ3n) is 4.75. The lowest BCUT2D eigenvalue weighted by Crippen LogP contribution is -2.49. The Morgan fingerprint density at radius 2 is 1.97 bits per heavy atom. The second-order valence-electron chi connectivity index (χ2n) is 6.80. The van der Waals surface area contributed by atoms with Gasteiger partial charge in [0, 0.05) is 38.9 Å². The van der Waals surface area contributed by atoms with Gasteiger partial charge in [0.1, 0.15) is 12.0 Å². The quantitative estimate of drug-likeness (QED) is 0.649. The van der Waals surface area contributed by atoms with E-state index < -0.39 is 11.9 Å². The molecule has 0 atom stereocenters. The minimum atomic E-state index is -4.45. The Kier molecular flexibility index (Phi) is 5.87. The van der Waals surface area contributed by atoms with Gasteiger partial charge in [-0.1, -0.05) is 17.4 Å². The van der Waals surface area contributed by atoms with Gasteiger partial charge < -0.3 is 9.64 Å². The Hall–Kier alpha value is -3.06. The average molecular weight is 453 g/mol. The maximum Gasteiger partial charge on any atom is 0.433 e. The van der Waals surface area contributed by atoms with Crippen molar-refractivity contribution in [2.75, 3.05) is 38.6 Å². The van der Waals surface area contributed by atoms with Crippen LogP contribution < -0.4 is 10.1 Å². The number of fused-ring (bicyclic) bond motifs is 1. The summed E-state index contributed by atoms with van der Waals surface area (Å²) in [4.78, 5) is 32.8. The van der Waals surface area contributed by atoms with Gasteiger partial charge in [-0.3, -0.25) is 15.2 Å². The lowest BCUT2D eigenvalue weighted by atomic mass is 10.2. The first kappa shape index (κ1) is 21.2. The Morgan fingerprint density at radius 3 is 2.61 bits per heavy atom. The van der Waals surface area contributed by atoms with Crippen molar-refractivity contribution in [3.05, 3.63) is 35.9 Å². The van der Waals surface area contributed by atoms with E-state index in [4.69, 9.17) is 4.74 Å². The Morgan fingerprint density at radius 1 is 1.19 bits per heavy atom. The zero-order valence-corrected chi connectivity index (χ0v) is 17.2. The smallest absolute Gasteiger partial charge is 0.433 e. The monoisotopic (exact) mass is 453 g/mol. The van der Waals surface area contributed by atoms with Crippen LogP contribution in [0.1, 0.15) is 11.3 Å². The number of nitrogens with one attached hydrogen (secondary N) is 1. The van der Waals surface area contributed by atoms with Crippen LogP contribution in [0.5, 0.6) is 5.88 Å². The number of hydrogen-bond donors (Lipinski definition) is 1. The molecule has 13 heteroatoms. The summed E-state index contributed by atoms with van der Waals surface area (Å²) < 4.78 is 43.0. The summed E-state index contributed by atoms with van der Waals surface area (Å²) in [5.74, 6) is 0.341. The number of methoxy groups -OCH3 is 1. The molecule has 0 aromatic carbocycles. The highest BCUT2D eigenvalue weighted by atomic mass is 32.1. The Balaban J connectivity index is 1.31. The molecule has 0 radical (unpaired) electrons. The molecule has 0 aliphatic carbocycles. The van der Waals surface area contributed by atoms with Gasteiger partial charge in [0.15, 0.2) is 15.5 Å². The van der Waals surface area contributed by atoms with Gasteiger partial charge in [0.25, 0.3) is 0 Å². The van der Waals surface area contributed by atoms with E-state index in [1.807, 2.05) is 0 Å². The number of piperazine rings is 1. The summed E-state index contributed by atoms with van der Waals surface area (Å²) >= 11 is 1.23. The molecule has 0 saturated carbocycles. The van der Waals surface area contributed by atoms with Crippen molar-refractivity contribution in [2.24, 2.45) is 0 Å². The molecule has 9 nitrogen and oxygen atoms in total. The first-order valence-electron chi connectivity index (χ1n) is 9.29. The van der Waals surface area contributed by atoms with Gasteiger partial charge >= 0.3 is 12.2 Å². The number of aromatic nitrogens is 4. The van der Waals surface area contributed by atoms with Crippen molar-refractivity contribution in [1.29, 1.82) is 0 Å². The number of halogens is 3. The SMILES string of the molecule is COc1ncnc2sc(NC(=O)N3CCN(Cc4ccc(C(F)(F)F)nc4)CC3)nc12. The number of anilines is 1. The first-order chi connectivity index (χ1) is 14.8. The van der Waals surface area contributed by atoms with Crippen LogP contribution in [0.15, 0.2) is 24.7 Å². The van der Waals surface area contributed by atoms with E-state index in [2.05, 4.69) is 30.2 Å². The summed E-state index contributed by atoms with van der Waals surface area (Å²) in [6, 6.07) is 2.14. The predicted octanol–water partition coefficient (Wildman–Crippen LogP) is 2.86. The first-order valence-corrected chi connectivity index (χ1v) is 10.1. The van der Waals surface area contributed by atoms with Crippen LogP contribution >= 0.6 is 11.3 Å². The molecule has 164 valence electrons. The maximum atomic E-state index is 12.6. The Labute approximate surface area is 178 Å². The van der Waals surface area contributed by atoms with Crippen molar-refractivity contribution in [3.63, 3.8) is 0 Å². The molecule has 4 rings (SSSR count). The number of hydrogen-bond acceptors (Lipinski definition) is 8. The molecule has 1 aliphatic heterocycles. The van der Waals surface area contributed by atoms with Gasteiger partial charge in [-0.25, -0.2) is 14.8 Å². The number of thiazole rings is 1. The van der Waals surface area contributed by atoms with Crippen LogP contribution in [0.3, 0.4) is 0 Å². The molecule has 0 spiro atoms. The number of pyridine rings is 1. The lowest BCUT2D eigenvalue weighted by Gasteiger charge is -2.34. The number of urea groups is 1. The van der Waals surface area contributed by atoms with E-state index in [-0.39, 0.29) is 6.03 Å². The number of nitrogens with zero attached hydrogens (tertiary/aromatic N) is 6. The number of alkyl halides is 3. The molecule has 3 aromatic heterocycles. The topological polar surface area (TPSA) is 96.4 Å². The van der Waals surface area contributed by atoms with Gasteiger partial charge in [-0.05, 0) is 11.6 Å². The number of amides is 2. The zero-order chi connectivity index (χ0) is 22.0. The molecule has 1 saturated heterocycles. The molecule has 4 heterocycles. The fourth-order valence-corrected chi connectivity index (χ4v) is 3.95. The van der Waals surface area contributed by atoms with Crippen LogP contribution in [0.4, 0.5) is 23.1 Å². The van der Waals surface area contributed by atoms with Crippen molar-refractivity contribution >= 4 is 32.8 Å². The van der Waals surface area contributed by atoms with E-state index in [0.29, 0.717) is 59.6 Å². The summed E-state index contributed by atoms with van der Waals surface area (Å²) in [5.41, 5.74) is 0.270. The van der Waals surface area contributed by atoms with Gasteiger partial charge in [0.2, 0.25) is 5.88 Å². The predicted molar refractivity (Wildman–Crippen MR) is 107 cm³/mol. The molecule has 0 unspecified atom stereocenters. The van der Waals surface area contributed by atoms with Crippen molar-refractivity contribution < 1.29 is 22.7 Å². The van der Waals surface area contributed by atoms with E-state index in [1.54, 1.807) is 4.90 Å². The van der Waals surface area contributed by atoms with E-state index in [1.165, 1.54) is 37.0 Å². The molecule has 0 bridgehead atoms. The largest absolute Gasteiger partial charge is 0.479 e. The van der Waals surface area contributed by atoms with Gasteiger partial charge in [-0.15, -0.1) is 0 Å². The minimum absolute atomic E-state index is 0.276. The fourth-order valence-electron chi connectivity index (χ4n) is 3.16. The van der Waals surface area contributed by atoms with Crippen LogP contribution in [0.25, 0.3) is 10.3 Å². The van der Waals surface area contributed by atoms with Gasteiger partial charge in [0.05, 0.1) is 7.11 Å².